The monoisotopic (exact) mass is 339 g/mol. The fourth-order valence-corrected chi connectivity index (χ4v) is 3.57. The van der Waals surface area contributed by atoms with Gasteiger partial charge >= 0.3 is 0 Å². The molecular weight excluding hydrogens is 317 g/mol. The van der Waals surface area contributed by atoms with Crippen molar-refractivity contribution in [3.63, 3.8) is 0 Å². The molecule has 1 N–H and O–H groups in total. The van der Waals surface area contributed by atoms with Crippen molar-refractivity contribution in [1.29, 1.82) is 0 Å². The van der Waals surface area contributed by atoms with E-state index in [1.807, 2.05) is 25.1 Å². The number of amides is 2. The molecule has 0 bridgehead atoms. The number of hydrogen-bond donors (Lipinski definition) is 1. The lowest BCUT2D eigenvalue weighted by Gasteiger charge is -2.24. The summed E-state index contributed by atoms with van der Waals surface area (Å²) in [5.41, 5.74) is 0.758. The third-order valence-electron chi connectivity index (χ3n) is 3.56. The quantitative estimate of drug-likeness (QED) is 0.817. The Hall–Kier alpha value is -1.60. The van der Waals surface area contributed by atoms with Gasteiger partial charge in [0.25, 0.3) is 0 Å². The van der Waals surface area contributed by atoms with Gasteiger partial charge in [0, 0.05) is 26.1 Å². The number of benzene rings is 1. The van der Waals surface area contributed by atoms with Crippen LogP contribution in [0.3, 0.4) is 0 Å². The maximum absolute atomic E-state index is 13.4. The summed E-state index contributed by atoms with van der Waals surface area (Å²) >= 11 is 1.47. The molecule has 1 atom stereocenters. The molecule has 0 aliphatic carbocycles. The Morgan fingerprint density at radius 2 is 2.26 bits per heavy atom. The highest BCUT2D eigenvalue weighted by atomic mass is 32.2. The first-order valence-corrected chi connectivity index (χ1v) is 8.60. The molecule has 126 valence electrons. The van der Waals surface area contributed by atoms with Gasteiger partial charge in [-0.3, -0.25) is 9.59 Å². The first kappa shape index (κ1) is 17.7. The molecule has 1 saturated heterocycles. The van der Waals surface area contributed by atoms with E-state index in [0.717, 1.165) is 12.1 Å². The van der Waals surface area contributed by atoms with Crippen LogP contribution in [0.5, 0.6) is 0 Å². The minimum absolute atomic E-state index is 0.00893. The zero-order valence-electron chi connectivity index (χ0n) is 13.4. The van der Waals surface area contributed by atoms with Crippen LogP contribution in [0.25, 0.3) is 0 Å². The van der Waals surface area contributed by atoms with Gasteiger partial charge in [-0.15, -0.1) is 11.8 Å². The van der Waals surface area contributed by atoms with E-state index in [-0.39, 0.29) is 29.4 Å². The van der Waals surface area contributed by atoms with E-state index in [0.29, 0.717) is 18.8 Å². The normalized spacial score (nSPS) is 17.8. The molecule has 1 aliphatic heterocycles. The predicted octanol–water partition coefficient (Wildman–Crippen LogP) is 1.47. The lowest BCUT2D eigenvalue weighted by Crippen LogP contribution is -2.35. The number of hydrogen-bond acceptors (Lipinski definition) is 4. The highest BCUT2D eigenvalue weighted by Crippen LogP contribution is 2.38. The largest absolute Gasteiger partial charge is 0.355 e. The molecule has 7 heteroatoms. The lowest BCUT2D eigenvalue weighted by atomic mass is 10.2. The molecule has 2 amide bonds. The lowest BCUT2D eigenvalue weighted by molar-refractivity contribution is -0.129. The minimum Gasteiger partial charge on any atom is -0.355 e. The molecular formula is C16H22FN3O2S. The average molecular weight is 339 g/mol. The Morgan fingerprint density at radius 1 is 1.48 bits per heavy atom. The van der Waals surface area contributed by atoms with E-state index < -0.39 is 0 Å². The van der Waals surface area contributed by atoms with Crippen LogP contribution in [0.2, 0.25) is 0 Å². The van der Waals surface area contributed by atoms with Crippen LogP contribution in [0.4, 0.5) is 4.39 Å². The maximum Gasteiger partial charge on any atom is 0.233 e. The van der Waals surface area contributed by atoms with E-state index in [9.17, 15) is 14.0 Å². The van der Waals surface area contributed by atoms with Crippen molar-refractivity contribution in [2.24, 2.45) is 0 Å². The summed E-state index contributed by atoms with van der Waals surface area (Å²) in [6.45, 7) is 1.71. The average Bonchev–Trinajstić information content (AvgIpc) is 2.86. The second-order valence-corrected chi connectivity index (χ2v) is 6.78. The molecule has 1 aromatic rings. The van der Waals surface area contributed by atoms with Gasteiger partial charge in [-0.2, -0.15) is 0 Å². The summed E-state index contributed by atoms with van der Waals surface area (Å²) in [4.78, 5) is 27.5. The van der Waals surface area contributed by atoms with Crippen molar-refractivity contribution in [3.8, 4) is 0 Å². The van der Waals surface area contributed by atoms with Gasteiger partial charge in [-0.1, -0.05) is 12.1 Å². The highest BCUT2D eigenvalue weighted by Gasteiger charge is 2.32. The van der Waals surface area contributed by atoms with Crippen molar-refractivity contribution in [2.45, 2.75) is 11.8 Å². The van der Waals surface area contributed by atoms with Crippen LogP contribution >= 0.6 is 11.8 Å². The van der Waals surface area contributed by atoms with Crippen LogP contribution in [0.1, 0.15) is 17.4 Å². The smallest absolute Gasteiger partial charge is 0.233 e. The second kappa shape index (κ2) is 8.31. The predicted molar refractivity (Wildman–Crippen MR) is 89.5 cm³/mol. The Balaban J connectivity index is 1.89. The van der Waals surface area contributed by atoms with Crippen LogP contribution in [0.15, 0.2) is 24.3 Å². The van der Waals surface area contributed by atoms with Crippen molar-refractivity contribution < 1.29 is 14.0 Å². The van der Waals surface area contributed by atoms with Gasteiger partial charge in [0.1, 0.15) is 11.2 Å². The van der Waals surface area contributed by atoms with E-state index in [2.05, 4.69) is 5.32 Å². The minimum atomic E-state index is -0.316. The number of nitrogens with zero attached hydrogens (tertiary/aromatic N) is 2. The van der Waals surface area contributed by atoms with Crippen LogP contribution in [-0.4, -0.2) is 61.1 Å². The summed E-state index contributed by atoms with van der Waals surface area (Å²) in [5.74, 6) is -0.0348. The van der Waals surface area contributed by atoms with E-state index in [1.165, 1.54) is 23.9 Å². The fourth-order valence-electron chi connectivity index (χ4n) is 2.36. The standard InChI is InChI=1S/C16H22FN3O2S/c1-19(2)9-7-18-14(21)6-8-20-15(22)11-23-16(20)12-4-3-5-13(17)10-12/h3-5,10,16H,6-9,11H2,1-2H3,(H,18,21)/t16-/m0/s1. The van der Waals surface area contributed by atoms with Gasteiger partial charge in [-0.25, -0.2) is 4.39 Å². The molecule has 1 aliphatic rings. The van der Waals surface area contributed by atoms with E-state index >= 15 is 0 Å². The van der Waals surface area contributed by atoms with Crippen LogP contribution in [-0.2, 0) is 9.59 Å². The third-order valence-corrected chi connectivity index (χ3v) is 4.82. The number of thioether (sulfide) groups is 1. The molecule has 5 nitrogen and oxygen atoms in total. The SMILES string of the molecule is CN(C)CCNC(=O)CCN1C(=O)CS[C@H]1c1cccc(F)c1. The van der Waals surface area contributed by atoms with Crippen LogP contribution < -0.4 is 5.32 Å². The third kappa shape index (κ3) is 5.21. The number of likely N-dealkylation sites (N-methyl/N-ethyl adjacent to an activating group) is 1. The maximum atomic E-state index is 13.4. The van der Waals surface area contributed by atoms with Crippen molar-refractivity contribution in [1.82, 2.24) is 15.1 Å². The molecule has 2 rings (SSSR count). The molecule has 0 unspecified atom stereocenters. The second-order valence-electron chi connectivity index (χ2n) is 5.71. The first-order valence-electron chi connectivity index (χ1n) is 7.55. The Kier molecular flexibility index (Phi) is 6.41. The zero-order valence-corrected chi connectivity index (χ0v) is 14.2. The van der Waals surface area contributed by atoms with Crippen molar-refractivity contribution in [3.05, 3.63) is 35.6 Å². The molecule has 0 saturated carbocycles. The Morgan fingerprint density at radius 3 is 2.96 bits per heavy atom. The molecule has 0 aromatic heterocycles. The van der Waals surface area contributed by atoms with Gasteiger partial charge < -0.3 is 15.1 Å². The fraction of sp³-hybridized carbons (Fsp3) is 0.500. The Bertz CT molecular complexity index is 568. The molecule has 23 heavy (non-hydrogen) atoms. The number of nitrogens with one attached hydrogen (secondary N) is 1. The summed E-state index contributed by atoms with van der Waals surface area (Å²) < 4.78 is 13.4. The van der Waals surface area contributed by atoms with Gasteiger partial charge in [0.2, 0.25) is 11.8 Å². The van der Waals surface area contributed by atoms with E-state index in [4.69, 9.17) is 0 Å². The molecule has 1 aromatic carbocycles. The first-order chi connectivity index (χ1) is 11.0. The number of carbonyl (C=O) groups is 2. The number of halogens is 1. The van der Waals surface area contributed by atoms with Crippen molar-refractivity contribution >= 4 is 23.6 Å². The topological polar surface area (TPSA) is 52.7 Å². The summed E-state index contributed by atoms with van der Waals surface area (Å²) in [5, 5.41) is 2.62. The van der Waals surface area contributed by atoms with Crippen LogP contribution in [0, 0.1) is 5.82 Å². The van der Waals surface area contributed by atoms with Gasteiger partial charge in [0.05, 0.1) is 5.75 Å². The summed E-state index contributed by atoms with van der Waals surface area (Å²) in [6.07, 6.45) is 0.256. The Labute approximate surface area is 140 Å². The van der Waals surface area contributed by atoms with Gasteiger partial charge in [0.15, 0.2) is 0 Å². The summed E-state index contributed by atoms with van der Waals surface area (Å²) in [6, 6.07) is 6.28. The van der Waals surface area contributed by atoms with E-state index in [1.54, 1.807) is 11.0 Å². The molecule has 1 fully saturated rings. The molecule has 1 heterocycles. The zero-order chi connectivity index (χ0) is 16.8. The number of carbonyl (C=O) groups excluding carboxylic acids is 2. The molecule has 0 spiro atoms. The molecule has 0 radical (unpaired) electrons. The summed E-state index contributed by atoms with van der Waals surface area (Å²) in [7, 11) is 3.88. The van der Waals surface area contributed by atoms with Gasteiger partial charge in [-0.05, 0) is 31.8 Å². The van der Waals surface area contributed by atoms with Crippen molar-refractivity contribution in [2.75, 3.05) is 39.5 Å². The number of rotatable bonds is 7. The highest BCUT2D eigenvalue weighted by molar-refractivity contribution is 8.00.